The first-order chi connectivity index (χ1) is 14.6. The highest BCUT2D eigenvalue weighted by Crippen LogP contribution is 2.38. The standard InChI is InChI=1S/C24H33NO5/c1-27-19-8-5-7-18(11-19)14-24(17-26)9-6-10-25(16-24)15-21-22(29-3)12-20(28-2)13-23(21)30-4/h5,7-8,11-13,26H,6,9-10,14-17H2,1-4H3. The van der Waals surface area contributed by atoms with Gasteiger partial charge in [-0.3, -0.25) is 4.90 Å². The Bertz CT molecular complexity index is 815. The van der Waals surface area contributed by atoms with Gasteiger partial charge in [0.15, 0.2) is 0 Å². The first-order valence-electron chi connectivity index (χ1n) is 10.3. The summed E-state index contributed by atoms with van der Waals surface area (Å²) in [5, 5.41) is 10.4. The minimum atomic E-state index is -0.183. The van der Waals surface area contributed by atoms with Crippen molar-refractivity contribution in [2.75, 3.05) is 48.1 Å². The molecule has 0 aromatic heterocycles. The summed E-state index contributed by atoms with van der Waals surface area (Å²) in [6, 6.07) is 11.9. The quantitative estimate of drug-likeness (QED) is 0.676. The maximum atomic E-state index is 10.4. The van der Waals surface area contributed by atoms with Crippen LogP contribution in [0, 0.1) is 5.41 Å². The van der Waals surface area contributed by atoms with Crippen LogP contribution in [0.5, 0.6) is 23.0 Å². The average Bonchev–Trinajstić information content (AvgIpc) is 2.79. The van der Waals surface area contributed by atoms with Crippen molar-refractivity contribution in [1.82, 2.24) is 4.90 Å². The molecule has 0 spiro atoms. The molecule has 6 heteroatoms. The maximum absolute atomic E-state index is 10.4. The van der Waals surface area contributed by atoms with Gasteiger partial charge in [-0.15, -0.1) is 0 Å². The largest absolute Gasteiger partial charge is 0.497 e. The van der Waals surface area contributed by atoms with E-state index in [0.29, 0.717) is 12.3 Å². The molecule has 2 aromatic carbocycles. The molecule has 2 aromatic rings. The number of aliphatic hydroxyl groups excluding tert-OH is 1. The first kappa shape index (κ1) is 22.2. The fourth-order valence-electron chi connectivity index (χ4n) is 4.45. The number of hydrogen-bond acceptors (Lipinski definition) is 6. The zero-order valence-corrected chi connectivity index (χ0v) is 18.4. The third-order valence-electron chi connectivity index (χ3n) is 5.99. The van der Waals surface area contributed by atoms with Gasteiger partial charge in [-0.2, -0.15) is 0 Å². The number of rotatable bonds is 9. The van der Waals surface area contributed by atoms with Gasteiger partial charge in [0, 0.05) is 30.6 Å². The van der Waals surface area contributed by atoms with Crippen molar-refractivity contribution >= 4 is 0 Å². The Kier molecular flexibility index (Phi) is 7.45. The van der Waals surface area contributed by atoms with Crippen molar-refractivity contribution in [3.8, 4) is 23.0 Å². The van der Waals surface area contributed by atoms with E-state index < -0.39 is 0 Å². The van der Waals surface area contributed by atoms with E-state index in [1.807, 2.05) is 24.3 Å². The SMILES string of the molecule is COc1cccc(CC2(CO)CCCN(Cc3c(OC)cc(OC)cc3OC)C2)c1. The van der Waals surface area contributed by atoms with E-state index in [1.54, 1.807) is 28.4 Å². The second-order valence-electron chi connectivity index (χ2n) is 8.01. The van der Waals surface area contributed by atoms with Gasteiger partial charge in [0.25, 0.3) is 0 Å². The van der Waals surface area contributed by atoms with Crippen LogP contribution < -0.4 is 18.9 Å². The number of piperidine rings is 1. The highest BCUT2D eigenvalue weighted by Gasteiger charge is 2.35. The van der Waals surface area contributed by atoms with Crippen LogP contribution in [0.2, 0.25) is 0 Å². The third-order valence-corrected chi connectivity index (χ3v) is 5.99. The molecule has 0 radical (unpaired) electrons. The van der Waals surface area contributed by atoms with Gasteiger partial charge < -0.3 is 24.1 Å². The van der Waals surface area contributed by atoms with Crippen LogP contribution in [-0.4, -0.2) is 58.1 Å². The highest BCUT2D eigenvalue weighted by molar-refractivity contribution is 5.50. The molecular weight excluding hydrogens is 382 g/mol. The van der Waals surface area contributed by atoms with E-state index in [4.69, 9.17) is 18.9 Å². The van der Waals surface area contributed by atoms with E-state index in [9.17, 15) is 5.11 Å². The van der Waals surface area contributed by atoms with Gasteiger partial charge >= 0.3 is 0 Å². The van der Waals surface area contributed by atoms with E-state index in [1.165, 1.54) is 5.56 Å². The van der Waals surface area contributed by atoms with Crippen LogP contribution in [0.1, 0.15) is 24.0 Å². The monoisotopic (exact) mass is 415 g/mol. The van der Waals surface area contributed by atoms with Gasteiger partial charge in [-0.05, 0) is 43.5 Å². The molecule has 1 N–H and O–H groups in total. The molecule has 1 aliphatic rings. The number of nitrogens with zero attached hydrogens (tertiary/aromatic N) is 1. The van der Waals surface area contributed by atoms with Crippen LogP contribution >= 0.6 is 0 Å². The summed E-state index contributed by atoms with van der Waals surface area (Å²) in [6.45, 7) is 2.62. The zero-order valence-electron chi connectivity index (χ0n) is 18.4. The van der Waals surface area contributed by atoms with Crippen molar-refractivity contribution < 1.29 is 24.1 Å². The summed E-state index contributed by atoms with van der Waals surface area (Å²) in [6.07, 6.45) is 2.84. The Morgan fingerprint density at radius 3 is 2.23 bits per heavy atom. The molecule has 6 nitrogen and oxygen atoms in total. The Labute approximate surface area is 179 Å². The van der Waals surface area contributed by atoms with Crippen LogP contribution in [0.15, 0.2) is 36.4 Å². The maximum Gasteiger partial charge on any atom is 0.130 e. The van der Waals surface area contributed by atoms with Crippen LogP contribution in [0.4, 0.5) is 0 Å². The second kappa shape index (κ2) is 10.0. The first-order valence-corrected chi connectivity index (χ1v) is 10.3. The predicted octanol–water partition coefficient (Wildman–Crippen LogP) is 3.54. The van der Waals surface area contributed by atoms with Gasteiger partial charge in [0.1, 0.15) is 23.0 Å². The number of hydrogen-bond donors (Lipinski definition) is 1. The van der Waals surface area contributed by atoms with Gasteiger partial charge in [0.2, 0.25) is 0 Å². The topological polar surface area (TPSA) is 60.4 Å². The smallest absolute Gasteiger partial charge is 0.130 e. The fourth-order valence-corrected chi connectivity index (χ4v) is 4.45. The van der Waals surface area contributed by atoms with Gasteiger partial charge in [-0.25, -0.2) is 0 Å². The van der Waals surface area contributed by atoms with Crippen LogP contribution in [0.25, 0.3) is 0 Å². The molecule has 0 bridgehead atoms. The number of ether oxygens (including phenoxy) is 4. The molecule has 3 rings (SSSR count). The third kappa shape index (κ3) is 4.99. The average molecular weight is 416 g/mol. The summed E-state index contributed by atoms with van der Waals surface area (Å²) in [5.41, 5.74) is 2.00. The molecular formula is C24H33NO5. The molecule has 30 heavy (non-hydrogen) atoms. The van der Waals surface area contributed by atoms with Crippen molar-refractivity contribution in [2.45, 2.75) is 25.8 Å². The number of methoxy groups -OCH3 is 4. The summed E-state index contributed by atoms with van der Waals surface area (Å²) in [4.78, 5) is 2.38. The number of likely N-dealkylation sites (tertiary alicyclic amines) is 1. The molecule has 0 aliphatic carbocycles. The summed E-state index contributed by atoms with van der Waals surface area (Å²) >= 11 is 0. The second-order valence-corrected chi connectivity index (χ2v) is 8.01. The summed E-state index contributed by atoms with van der Waals surface area (Å²) < 4.78 is 22.0. The molecule has 1 atom stereocenters. The van der Waals surface area contributed by atoms with Crippen LogP contribution in [0.3, 0.4) is 0 Å². The molecule has 1 unspecified atom stereocenters. The van der Waals surface area contributed by atoms with Crippen molar-refractivity contribution in [3.63, 3.8) is 0 Å². The molecule has 0 saturated carbocycles. The summed E-state index contributed by atoms with van der Waals surface area (Å²) in [5.74, 6) is 3.05. The Balaban J connectivity index is 1.81. The molecule has 0 amide bonds. The van der Waals surface area contributed by atoms with Crippen molar-refractivity contribution in [3.05, 3.63) is 47.5 Å². The van der Waals surface area contributed by atoms with E-state index >= 15 is 0 Å². The normalized spacial score (nSPS) is 19.4. The number of benzene rings is 2. The lowest BCUT2D eigenvalue weighted by Crippen LogP contribution is -2.46. The summed E-state index contributed by atoms with van der Waals surface area (Å²) in [7, 11) is 6.63. The lowest BCUT2D eigenvalue weighted by Gasteiger charge is -2.42. The van der Waals surface area contributed by atoms with Crippen molar-refractivity contribution in [2.24, 2.45) is 5.41 Å². The fraction of sp³-hybridized carbons (Fsp3) is 0.500. The van der Waals surface area contributed by atoms with Crippen LogP contribution in [-0.2, 0) is 13.0 Å². The Morgan fingerprint density at radius 1 is 0.933 bits per heavy atom. The van der Waals surface area contributed by atoms with E-state index in [-0.39, 0.29) is 12.0 Å². The van der Waals surface area contributed by atoms with Crippen molar-refractivity contribution in [1.29, 1.82) is 0 Å². The van der Waals surface area contributed by atoms with Gasteiger partial charge in [-0.1, -0.05) is 12.1 Å². The van der Waals surface area contributed by atoms with E-state index in [0.717, 1.165) is 55.2 Å². The predicted molar refractivity (Wildman–Crippen MR) is 117 cm³/mol. The molecule has 1 saturated heterocycles. The highest BCUT2D eigenvalue weighted by atomic mass is 16.5. The number of aliphatic hydroxyl groups is 1. The minimum absolute atomic E-state index is 0.150. The minimum Gasteiger partial charge on any atom is -0.497 e. The molecule has 1 heterocycles. The van der Waals surface area contributed by atoms with Gasteiger partial charge in [0.05, 0.1) is 40.6 Å². The Hall–Kier alpha value is -2.44. The lowest BCUT2D eigenvalue weighted by atomic mass is 9.75. The molecule has 1 fully saturated rings. The molecule has 164 valence electrons. The lowest BCUT2D eigenvalue weighted by molar-refractivity contribution is 0.0282. The zero-order chi connectivity index (χ0) is 21.6. The Morgan fingerprint density at radius 2 is 1.63 bits per heavy atom. The van der Waals surface area contributed by atoms with E-state index in [2.05, 4.69) is 17.0 Å². The molecule has 1 aliphatic heterocycles.